The van der Waals surface area contributed by atoms with Gasteiger partial charge >= 0.3 is 6.26 Å². The van der Waals surface area contributed by atoms with E-state index in [1.54, 1.807) is 0 Å². The van der Waals surface area contributed by atoms with Gasteiger partial charge in [0, 0.05) is 8.07 Å². The number of rotatable bonds is 4. The molecule has 0 aromatic rings. The van der Waals surface area contributed by atoms with Gasteiger partial charge in [-0.3, -0.25) is 0 Å². The van der Waals surface area contributed by atoms with Crippen LogP contribution in [0.2, 0.25) is 25.7 Å². The predicted molar refractivity (Wildman–Crippen MR) is 62.6 cm³/mol. The molecule has 0 aliphatic rings. The number of hydrogen-bond acceptors (Lipinski definition) is 1. The highest BCUT2D eigenvalue weighted by molar-refractivity contribution is 7.09. The Morgan fingerprint density at radius 1 is 1.42 bits per heavy atom. The second kappa shape index (κ2) is 4.49. The molecule has 0 aromatic carbocycles. The molecule has 0 amide bonds. The summed E-state index contributed by atoms with van der Waals surface area (Å²) in [5, 5.41) is 0. The molecule has 0 saturated carbocycles. The standard InChI is InChI=1S/C8H19BClNSi/c1-8(7-12(4,5)6)9(10)11(2)3/h1,7H2,2-6H3. The molecule has 0 heterocycles. The third-order valence-electron chi connectivity index (χ3n) is 1.55. The molecule has 0 fully saturated rings. The number of allylic oxidation sites excluding steroid dienone is 1. The van der Waals surface area contributed by atoms with E-state index < -0.39 is 8.07 Å². The molecular weight excluding hydrogens is 184 g/mol. The van der Waals surface area contributed by atoms with Crippen LogP contribution in [0.3, 0.4) is 0 Å². The van der Waals surface area contributed by atoms with Gasteiger partial charge in [0.2, 0.25) is 0 Å². The van der Waals surface area contributed by atoms with Gasteiger partial charge < -0.3 is 4.81 Å². The summed E-state index contributed by atoms with van der Waals surface area (Å²) in [6, 6.07) is 1.11. The normalized spacial score (nSPS) is 11.9. The molecule has 0 spiro atoms. The van der Waals surface area contributed by atoms with E-state index in [1.807, 2.05) is 18.9 Å². The van der Waals surface area contributed by atoms with Crippen molar-refractivity contribution < 1.29 is 0 Å². The Bertz CT molecular complexity index is 165. The number of nitrogens with zero attached hydrogens (tertiary/aromatic N) is 1. The summed E-state index contributed by atoms with van der Waals surface area (Å²) < 4.78 is 0. The summed E-state index contributed by atoms with van der Waals surface area (Å²) in [4.78, 5) is 1.99. The van der Waals surface area contributed by atoms with Crippen molar-refractivity contribution in [2.24, 2.45) is 0 Å². The van der Waals surface area contributed by atoms with Crippen LogP contribution in [0.1, 0.15) is 0 Å². The van der Waals surface area contributed by atoms with Gasteiger partial charge in [-0.2, -0.15) is 11.5 Å². The summed E-state index contributed by atoms with van der Waals surface area (Å²) in [6.07, 6.45) is -0.00303. The average molecular weight is 204 g/mol. The molecule has 0 aromatic heterocycles. The summed E-state index contributed by atoms with van der Waals surface area (Å²) in [6.45, 7) is 11.0. The molecule has 1 nitrogen and oxygen atoms in total. The smallest absolute Gasteiger partial charge is 0.330 e. The Hall–Kier alpha value is 0.272. The van der Waals surface area contributed by atoms with Crippen molar-refractivity contribution in [3.05, 3.63) is 12.1 Å². The molecule has 0 N–H and O–H groups in total. The van der Waals surface area contributed by atoms with Crippen LogP contribution in [0.4, 0.5) is 0 Å². The third-order valence-corrected chi connectivity index (χ3v) is 3.76. The van der Waals surface area contributed by atoms with Crippen LogP contribution in [0, 0.1) is 0 Å². The van der Waals surface area contributed by atoms with Crippen molar-refractivity contribution in [2.45, 2.75) is 25.7 Å². The molecule has 12 heavy (non-hydrogen) atoms. The van der Waals surface area contributed by atoms with Gasteiger partial charge in [0.1, 0.15) is 0 Å². The van der Waals surface area contributed by atoms with Crippen molar-refractivity contribution in [3.63, 3.8) is 0 Å². The minimum atomic E-state index is -1.04. The maximum absolute atomic E-state index is 6.12. The molecule has 0 aliphatic carbocycles. The number of halogens is 1. The zero-order chi connectivity index (χ0) is 9.94. The van der Waals surface area contributed by atoms with E-state index in [0.29, 0.717) is 0 Å². The topological polar surface area (TPSA) is 3.24 Å². The molecule has 70 valence electrons. The summed E-state index contributed by atoms with van der Waals surface area (Å²) in [7, 11) is 2.92. The lowest BCUT2D eigenvalue weighted by Gasteiger charge is -2.22. The van der Waals surface area contributed by atoms with Gasteiger partial charge in [0.05, 0.1) is 0 Å². The van der Waals surface area contributed by atoms with Crippen molar-refractivity contribution in [1.29, 1.82) is 0 Å². The van der Waals surface area contributed by atoms with Crippen LogP contribution in [0.15, 0.2) is 12.1 Å². The SMILES string of the molecule is C=C(C[Si](C)(C)C)B(Cl)N(C)C. The third kappa shape index (κ3) is 5.01. The lowest BCUT2D eigenvalue weighted by atomic mass is 9.81. The fourth-order valence-electron chi connectivity index (χ4n) is 1.13. The van der Waals surface area contributed by atoms with Crippen LogP contribution in [-0.4, -0.2) is 33.2 Å². The van der Waals surface area contributed by atoms with E-state index in [1.165, 1.54) is 0 Å². The van der Waals surface area contributed by atoms with Gasteiger partial charge in [-0.1, -0.05) is 25.1 Å². The molecule has 0 bridgehead atoms. The lowest BCUT2D eigenvalue weighted by Crippen LogP contribution is -2.33. The Morgan fingerprint density at radius 3 is 2.08 bits per heavy atom. The quantitative estimate of drug-likeness (QED) is 0.635. The molecule has 0 aliphatic heterocycles. The van der Waals surface area contributed by atoms with Crippen molar-refractivity contribution in [3.8, 4) is 0 Å². The van der Waals surface area contributed by atoms with Gasteiger partial charge in [0.25, 0.3) is 0 Å². The zero-order valence-electron chi connectivity index (χ0n) is 8.82. The second-order valence-corrected chi connectivity index (χ2v) is 10.6. The summed E-state index contributed by atoms with van der Waals surface area (Å²) in [5.41, 5.74) is 1.15. The Labute approximate surface area is 82.8 Å². The fourth-order valence-corrected chi connectivity index (χ4v) is 2.89. The lowest BCUT2D eigenvalue weighted by molar-refractivity contribution is 0.659. The molecule has 4 heteroatoms. The van der Waals surface area contributed by atoms with Crippen molar-refractivity contribution in [2.75, 3.05) is 14.1 Å². The van der Waals surface area contributed by atoms with E-state index in [9.17, 15) is 0 Å². The summed E-state index contributed by atoms with van der Waals surface area (Å²) >= 11 is 6.12. The largest absolute Gasteiger partial charge is 0.359 e. The first-order chi connectivity index (χ1) is 5.24. The van der Waals surface area contributed by atoms with E-state index in [4.69, 9.17) is 11.5 Å². The molecule has 0 radical (unpaired) electrons. The first kappa shape index (κ1) is 12.3. The van der Waals surface area contributed by atoms with E-state index in [2.05, 4.69) is 26.2 Å². The monoisotopic (exact) mass is 203 g/mol. The minimum Gasteiger partial charge on any atom is -0.330 e. The molecule has 0 atom stereocenters. The van der Waals surface area contributed by atoms with Gasteiger partial charge in [-0.15, -0.1) is 6.58 Å². The molecule has 0 rings (SSSR count). The zero-order valence-corrected chi connectivity index (χ0v) is 10.6. The second-order valence-electron chi connectivity index (χ2n) is 4.70. The van der Waals surface area contributed by atoms with Crippen molar-refractivity contribution in [1.82, 2.24) is 4.81 Å². The first-order valence-corrected chi connectivity index (χ1v) is 8.36. The Morgan fingerprint density at radius 2 is 1.83 bits per heavy atom. The van der Waals surface area contributed by atoms with Crippen LogP contribution in [0.25, 0.3) is 0 Å². The first-order valence-electron chi connectivity index (χ1n) is 4.22. The highest BCUT2D eigenvalue weighted by Crippen LogP contribution is 2.19. The highest BCUT2D eigenvalue weighted by atomic mass is 35.5. The van der Waals surface area contributed by atoms with Gasteiger partial charge in [-0.25, -0.2) is 0 Å². The summed E-state index contributed by atoms with van der Waals surface area (Å²) in [5.74, 6) is 0. The van der Waals surface area contributed by atoms with E-state index in [-0.39, 0.29) is 6.26 Å². The maximum atomic E-state index is 6.12. The molecule has 0 saturated heterocycles. The predicted octanol–water partition coefficient (Wildman–Crippen LogP) is 2.71. The van der Waals surface area contributed by atoms with E-state index >= 15 is 0 Å². The molecule has 0 unspecified atom stereocenters. The van der Waals surface area contributed by atoms with Crippen LogP contribution >= 0.6 is 11.5 Å². The minimum absolute atomic E-state index is 0.00303. The Balaban J connectivity index is 4.05. The Kier molecular flexibility index (Phi) is 4.59. The van der Waals surface area contributed by atoms with Gasteiger partial charge in [0.15, 0.2) is 0 Å². The highest BCUT2D eigenvalue weighted by Gasteiger charge is 2.23. The van der Waals surface area contributed by atoms with Crippen LogP contribution < -0.4 is 0 Å². The molecular formula is C8H19BClNSi. The van der Waals surface area contributed by atoms with E-state index in [0.717, 1.165) is 11.5 Å². The fraction of sp³-hybridized carbons (Fsp3) is 0.750. The average Bonchev–Trinajstić information content (AvgIpc) is 1.82. The maximum Gasteiger partial charge on any atom is 0.359 e. The van der Waals surface area contributed by atoms with Crippen LogP contribution in [0.5, 0.6) is 0 Å². The van der Waals surface area contributed by atoms with Gasteiger partial charge in [-0.05, 0) is 20.1 Å². The van der Waals surface area contributed by atoms with Crippen molar-refractivity contribution >= 4 is 25.8 Å². The van der Waals surface area contributed by atoms with Crippen LogP contribution in [-0.2, 0) is 0 Å². The number of hydrogen-bond donors (Lipinski definition) is 0.